The van der Waals surface area contributed by atoms with E-state index in [-0.39, 0.29) is 0 Å². The molecule has 0 fully saturated rings. The van der Waals surface area contributed by atoms with Crippen LogP contribution in [0.4, 0.5) is 0 Å². The summed E-state index contributed by atoms with van der Waals surface area (Å²) in [7, 11) is 0. The lowest BCUT2D eigenvalue weighted by Gasteiger charge is -2.11. The molecule has 0 spiro atoms. The first kappa shape index (κ1) is 12.6. The highest BCUT2D eigenvalue weighted by Gasteiger charge is 2.06. The molecule has 0 saturated carbocycles. The summed E-state index contributed by atoms with van der Waals surface area (Å²) in [5.74, 6) is 1.23. The summed E-state index contributed by atoms with van der Waals surface area (Å²) in [6.07, 6.45) is 4.60. The molecule has 0 atom stereocenters. The average molecular weight is 266 g/mol. The average Bonchev–Trinajstić information content (AvgIpc) is 2.46. The lowest BCUT2D eigenvalue weighted by atomic mass is 9.94. The number of hydrogen-bond donors (Lipinski definition) is 0. The second-order valence-electron chi connectivity index (χ2n) is 4.89. The molecule has 1 heteroatoms. The SMILES string of the molecule is CSCCCc1c2ccccc2cc2ccccc12. The Morgan fingerprint density at radius 2 is 1.42 bits per heavy atom. The lowest BCUT2D eigenvalue weighted by molar-refractivity contribution is 0.950. The summed E-state index contributed by atoms with van der Waals surface area (Å²) in [5, 5.41) is 5.56. The van der Waals surface area contributed by atoms with Crippen LogP contribution in [0.3, 0.4) is 0 Å². The zero-order valence-electron chi connectivity index (χ0n) is 11.2. The maximum Gasteiger partial charge on any atom is -0.00671 e. The minimum absolute atomic E-state index is 1.17. The molecule has 0 nitrogen and oxygen atoms in total. The number of benzene rings is 3. The lowest BCUT2D eigenvalue weighted by Crippen LogP contribution is -1.92. The second-order valence-corrected chi connectivity index (χ2v) is 5.88. The molecule has 0 aliphatic carbocycles. The molecule has 0 N–H and O–H groups in total. The van der Waals surface area contributed by atoms with Gasteiger partial charge in [0.1, 0.15) is 0 Å². The van der Waals surface area contributed by atoms with E-state index in [2.05, 4.69) is 60.9 Å². The molecule has 0 aliphatic heterocycles. The molecule has 0 aliphatic rings. The van der Waals surface area contributed by atoms with E-state index in [1.807, 2.05) is 11.8 Å². The van der Waals surface area contributed by atoms with Gasteiger partial charge in [0.25, 0.3) is 0 Å². The number of aryl methyl sites for hydroxylation is 1. The first-order valence-corrected chi connectivity index (χ1v) is 8.18. The highest BCUT2D eigenvalue weighted by molar-refractivity contribution is 7.98. The van der Waals surface area contributed by atoms with Crippen LogP contribution in [0.2, 0.25) is 0 Å². The van der Waals surface area contributed by atoms with Crippen LogP contribution >= 0.6 is 11.8 Å². The maximum atomic E-state index is 2.31. The Labute approximate surface area is 118 Å². The standard InChI is InChI=1S/C18H18S/c1-19-12-6-11-18-16-9-4-2-7-14(16)13-15-8-3-5-10-17(15)18/h2-5,7-10,13H,6,11-12H2,1H3. The number of hydrogen-bond acceptors (Lipinski definition) is 1. The van der Waals surface area contributed by atoms with Crippen LogP contribution in [0, 0.1) is 0 Å². The van der Waals surface area contributed by atoms with E-state index in [9.17, 15) is 0 Å². The summed E-state index contributed by atoms with van der Waals surface area (Å²) < 4.78 is 0. The van der Waals surface area contributed by atoms with Crippen molar-refractivity contribution in [1.82, 2.24) is 0 Å². The molecule has 3 aromatic carbocycles. The van der Waals surface area contributed by atoms with E-state index in [4.69, 9.17) is 0 Å². The molecular formula is C18H18S. The zero-order chi connectivity index (χ0) is 13.1. The normalized spacial score (nSPS) is 11.2. The largest absolute Gasteiger partial charge is 0.165 e. The fourth-order valence-corrected chi connectivity index (χ4v) is 3.20. The number of rotatable bonds is 4. The summed E-state index contributed by atoms with van der Waals surface area (Å²) in [4.78, 5) is 0. The van der Waals surface area contributed by atoms with Crippen molar-refractivity contribution in [1.29, 1.82) is 0 Å². The van der Waals surface area contributed by atoms with Crippen LogP contribution in [0.5, 0.6) is 0 Å². The third-order valence-electron chi connectivity index (χ3n) is 3.66. The highest BCUT2D eigenvalue weighted by Crippen LogP contribution is 2.29. The molecule has 0 unspecified atom stereocenters. The molecule has 0 aromatic heterocycles. The van der Waals surface area contributed by atoms with Gasteiger partial charge >= 0.3 is 0 Å². The number of fused-ring (bicyclic) bond motifs is 2. The van der Waals surface area contributed by atoms with Crippen molar-refractivity contribution < 1.29 is 0 Å². The van der Waals surface area contributed by atoms with Gasteiger partial charge in [0, 0.05) is 0 Å². The third-order valence-corrected chi connectivity index (χ3v) is 4.35. The molecular weight excluding hydrogens is 248 g/mol. The third kappa shape index (κ3) is 2.48. The summed E-state index contributed by atoms with van der Waals surface area (Å²) in [6.45, 7) is 0. The molecule has 19 heavy (non-hydrogen) atoms. The van der Waals surface area contributed by atoms with Crippen LogP contribution in [0.1, 0.15) is 12.0 Å². The predicted molar refractivity (Wildman–Crippen MR) is 88.2 cm³/mol. The molecule has 0 amide bonds. The molecule has 96 valence electrons. The fraction of sp³-hybridized carbons (Fsp3) is 0.222. The topological polar surface area (TPSA) is 0 Å². The predicted octanol–water partition coefficient (Wildman–Crippen LogP) is 5.29. The summed E-state index contributed by atoms with van der Waals surface area (Å²) in [6, 6.07) is 19.8. The first-order chi connectivity index (χ1) is 9.40. The van der Waals surface area contributed by atoms with Crippen molar-refractivity contribution in [2.75, 3.05) is 12.0 Å². The Bertz CT molecular complexity index is 646. The van der Waals surface area contributed by atoms with Gasteiger partial charge in [0.05, 0.1) is 0 Å². The van der Waals surface area contributed by atoms with Crippen molar-refractivity contribution in [2.24, 2.45) is 0 Å². The minimum Gasteiger partial charge on any atom is -0.165 e. The van der Waals surface area contributed by atoms with Crippen LogP contribution in [-0.2, 0) is 6.42 Å². The van der Waals surface area contributed by atoms with E-state index in [0.717, 1.165) is 0 Å². The minimum atomic E-state index is 1.17. The van der Waals surface area contributed by atoms with Gasteiger partial charge in [0.15, 0.2) is 0 Å². The van der Waals surface area contributed by atoms with E-state index < -0.39 is 0 Å². The maximum absolute atomic E-state index is 2.31. The zero-order valence-corrected chi connectivity index (χ0v) is 12.0. The highest BCUT2D eigenvalue weighted by atomic mass is 32.2. The van der Waals surface area contributed by atoms with Crippen molar-refractivity contribution >= 4 is 33.3 Å². The van der Waals surface area contributed by atoms with Crippen molar-refractivity contribution in [3.05, 3.63) is 60.2 Å². The van der Waals surface area contributed by atoms with Gasteiger partial charge in [-0.15, -0.1) is 0 Å². The Kier molecular flexibility index (Phi) is 3.74. The number of thioether (sulfide) groups is 1. The Hall–Kier alpha value is -1.47. The smallest absolute Gasteiger partial charge is 0.00671 e. The van der Waals surface area contributed by atoms with Gasteiger partial charge in [-0.1, -0.05) is 48.5 Å². The van der Waals surface area contributed by atoms with Gasteiger partial charge in [-0.3, -0.25) is 0 Å². The fourth-order valence-electron chi connectivity index (χ4n) is 2.77. The molecule has 0 saturated heterocycles. The second kappa shape index (κ2) is 5.66. The molecule has 0 heterocycles. The molecule has 3 aromatic rings. The van der Waals surface area contributed by atoms with E-state index >= 15 is 0 Å². The summed E-state index contributed by atoms with van der Waals surface area (Å²) in [5.41, 5.74) is 1.52. The van der Waals surface area contributed by atoms with Gasteiger partial charge in [-0.25, -0.2) is 0 Å². The monoisotopic (exact) mass is 266 g/mol. The van der Waals surface area contributed by atoms with Crippen molar-refractivity contribution in [3.8, 4) is 0 Å². The van der Waals surface area contributed by atoms with E-state index in [1.54, 1.807) is 0 Å². The Morgan fingerprint density at radius 1 is 0.842 bits per heavy atom. The van der Waals surface area contributed by atoms with Gasteiger partial charge in [-0.05, 0) is 58.0 Å². The van der Waals surface area contributed by atoms with Gasteiger partial charge in [-0.2, -0.15) is 11.8 Å². The Morgan fingerprint density at radius 3 is 2.00 bits per heavy atom. The van der Waals surface area contributed by atoms with Crippen LogP contribution in [0.15, 0.2) is 54.6 Å². The molecule has 3 rings (SSSR count). The van der Waals surface area contributed by atoms with Gasteiger partial charge in [0.2, 0.25) is 0 Å². The molecule has 0 radical (unpaired) electrons. The van der Waals surface area contributed by atoms with E-state index in [0.29, 0.717) is 0 Å². The van der Waals surface area contributed by atoms with Gasteiger partial charge < -0.3 is 0 Å². The molecule has 0 bridgehead atoms. The van der Waals surface area contributed by atoms with Crippen LogP contribution in [0.25, 0.3) is 21.5 Å². The van der Waals surface area contributed by atoms with Crippen molar-refractivity contribution in [2.45, 2.75) is 12.8 Å². The summed E-state index contributed by atoms with van der Waals surface area (Å²) >= 11 is 1.93. The van der Waals surface area contributed by atoms with E-state index in [1.165, 1.54) is 45.7 Å². The quantitative estimate of drug-likeness (QED) is 0.457. The van der Waals surface area contributed by atoms with Crippen molar-refractivity contribution in [3.63, 3.8) is 0 Å². The van der Waals surface area contributed by atoms with Crippen LogP contribution in [-0.4, -0.2) is 12.0 Å². The first-order valence-electron chi connectivity index (χ1n) is 6.78. The van der Waals surface area contributed by atoms with Crippen LogP contribution < -0.4 is 0 Å². The Balaban J connectivity index is 2.21.